The molecule has 0 spiro atoms. The summed E-state index contributed by atoms with van der Waals surface area (Å²) >= 11 is 0. The Hall–Kier alpha value is -0.0800. The molecule has 2 heteroatoms. The zero-order valence-electron chi connectivity index (χ0n) is 10.3. The highest BCUT2D eigenvalue weighted by molar-refractivity contribution is 4.82. The van der Waals surface area contributed by atoms with E-state index in [9.17, 15) is 0 Å². The lowest BCUT2D eigenvalue weighted by Gasteiger charge is -2.29. The van der Waals surface area contributed by atoms with Gasteiger partial charge in [0.1, 0.15) is 0 Å². The van der Waals surface area contributed by atoms with Crippen LogP contribution < -0.4 is 5.32 Å². The Morgan fingerprint density at radius 3 is 2.47 bits per heavy atom. The quantitative estimate of drug-likeness (QED) is 0.767. The Balaban J connectivity index is 1.69. The van der Waals surface area contributed by atoms with Gasteiger partial charge in [-0.3, -0.25) is 0 Å². The van der Waals surface area contributed by atoms with Gasteiger partial charge in [-0.05, 0) is 44.7 Å². The molecule has 1 atom stereocenters. The standard InChI is InChI=1S/C13H26N2/c1-11-3-5-12(6-4-11)9-15-8-7-13(10-15)14-2/h11-14H,3-10H2,1-2H3. The summed E-state index contributed by atoms with van der Waals surface area (Å²) in [6.07, 6.45) is 7.23. The third-order valence-corrected chi connectivity index (χ3v) is 4.33. The third kappa shape index (κ3) is 3.18. The molecule has 1 saturated heterocycles. The summed E-state index contributed by atoms with van der Waals surface area (Å²) in [5, 5.41) is 3.40. The fourth-order valence-corrected chi connectivity index (χ4v) is 3.11. The Labute approximate surface area is 94.4 Å². The largest absolute Gasteiger partial charge is 0.316 e. The van der Waals surface area contributed by atoms with Crippen LogP contribution in [0, 0.1) is 11.8 Å². The molecule has 0 aromatic heterocycles. The average molecular weight is 210 g/mol. The molecule has 1 unspecified atom stereocenters. The predicted octanol–water partition coefficient (Wildman–Crippen LogP) is 2.11. The summed E-state index contributed by atoms with van der Waals surface area (Å²) in [4.78, 5) is 2.67. The van der Waals surface area contributed by atoms with E-state index in [0.717, 1.165) is 17.9 Å². The highest BCUT2D eigenvalue weighted by Gasteiger charge is 2.25. The maximum Gasteiger partial charge on any atom is 0.0204 e. The number of likely N-dealkylation sites (tertiary alicyclic amines) is 1. The first-order chi connectivity index (χ1) is 7.28. The second-order valence-corrected chi connectivity index (χ2v) is 5.66. The molecule has 0 radical (unpaired) electrons. The van der Waals surface area contributed by atoms with Crippen LogP contribution in [0.15, 0.2) is 0 Å². The van der Waals surface area contributed by atoms with Crippen LogP contribution in [-0.4, -0.2) is 37.6 Å². The van der Waals surface area contributed by atoms with Crippen molar-refractivity contribution in [3.05, 3.63) is 0 Å². The molecule has 2 aliphatic rings. The van der Waals surface area contributed by atoms with Crippen molar-refractivity contribution in [1.29, 1.82) is 0 Å². The SMILES string of the molecule is CNC1CCN(CC2CCC(C)CC2)C1. The fraction of sp³-hybridized carbons (Fsp3) is 1.00. The second-order valence-electron chi connectivity index (χ2n) is 5.66. The van der Waals surface area contributed by atoms with E-state index < -0.39 is 0 Å². The van der Waals surface area contributed by atoms with Gasteiger partial charge in [-0.25, -0.2) is 0 Å². The summed E-state index contributed by atoms with van der Waals surface area (Å²) in [6.45, 7) is 6.37. The molecule has 1 aliphatic carbocycles. The van der Waals surface area contributed by atoms with Crippen molar-refractivity contribution in [3.8, 4) is 0 Å². The van der Waals surface area contributed by atoms with E-state index in [1.807, 2.05) is 0 Å². The molecular weight excluding hydrogens is 184 g/mol. The van der Waals surface area contributed by atoms with Crippen molar-refractivity contribution in [2.24, 2.45) is 11.8 Å². The molecule has 0 bridgehead atoms. The van der Waals surface area contributed by atoms with Gasteiger partial charge in [0.15, 0.2) is 0 Å². The third-order valence-electron chi connectivity index (χ3n) is 4.33. The van der Waals surface area contributed by atoms with E-state index in [1.165, 1.54) is 51.7 Å². The molecule has 1 heterocycles. The summed E-state index contributed by atoms with van der Waals surface area (Å²) in [6, 6.07) is 0.757. The minimum atomic E-state index is 0.757. The van der Waals surface area contributed by atoms with Crippen LogP contribution in [-0.2, 0) is 0 Å². The second kappa shape index (κ2) is 5.31. The summed E-state index contributed by atoms with van der Waals surface area (Å²) in [5.74, 6) is 1.99. The highest BCUT2D eigenvalue weighted by atomic mass is 15.2. The zero-order chi connectivity index (χ0) is 10.7. The molecule has 15 heavy (non-hydrogen) atoms. The first-order valence-corrected chi connectivity index (χ1v) is 6.67. The van der Waals surface area contributed by atoms with Crippen molar-refractivity contribution >= 4 is 0 Å². The lowest BCUT2D eigenvalue weighted by atomic mass is 9.83. The van der Waals surface area contributed by atoms with Crippen LogP contribution in [0.3, 0.4) is 0 Å². The molecule has 0 aromatic carbocycles. The number of likely N-dealkylation sites (N-methyl/N-ethyl adjacent to an activating group) is 1. The molecule has 1 aliphatic heterocycles. The van der Waals surface area contributed by atoms with Crippen LogP contribution in [0.25, 0.3) is 0 Å². The smallest absolute Gasteiger partial charge is 0.0204 e. The van der Waals surface area contributed by atoms with Gasteiger partial charge >= 0.3 is 0 Å². The number of nitrogens with one attached hydrogen (secondary N) is 1. The number of hydrogen-bond donors (Lipinski definition) is 1. The van der Waals surface area contributed by atoms with Gasteiger partial charge in [0.25, 0.3) is 0 Å². The van der Waals surface area contributed by atoms with E-state index in [0.29, 0.717) is 0 Å². The predicted molar refractivity (Wildman–Crippen MR) is 65.0 cm³/mol. The molecule has 2 fully saturated rings. The van der Waals surface area contributed by atoms with Crippen molar-refractivity contribution in [2.75, 3.05) is 26.7 Å². The molecule has 0 aromatic rings. The Kier molecular flexibility index (Phi) is 4.04. The molecular formula is C13H26N2. The topological polar surface area (TPSA) is 15.3 Å². The molecule has 1 N–H and O–H groups in total. The minimum Gasteiger partial charge on any atom is -0.316 e. The zero-order valence-corrected chi connectivity index (χ0v) is 10.3. The Bertz CT molecular complexity index is 185. The van der Waals surface area contributed by atoms with Crippen LogP contribution in [0.1, 0.15) is 39.0 Å². The van der Waals surface area contributed by atoms with Crippen molar-refractivity contribution in [3.63, 3.8) is 0 Å². The van der Waals surface area contributed by atoms with Gasteiger partial charge in [-0.1, -0.05) is 19.8 Å². The van der Waals surface area contributed by atoms with Gasteiger partial charge in [-0.2, -0.15) is 0 Å². The maximum atomic E-state index is 3.40. The monoisotopic (exact) mass is 210 g/mol. The Morgan fingerprint density at radius 1 is 1.13 bits per heavy atom. The first-order valence-electron chi connectivity index (χ1n) is 6.67. The number of rotatable bonds is 3. The van der Waals surface area contributed by atoms with Crippen molar-refractivity contribution < 1.29 is 0 Å². The average Bonchev–Trinajstić information content (AvgIpc) is 2.69. The maximum absolute atomic E-state index is 3.40. The fourth-order valence-electron chi connectivity index (χ4n) is 3.11. The highest BCUT2D eigenvalue weighted by Crippen LogP contribution is 2.29. The molecule has 0 amide bonds. The van der Waals surface area contributed by atoms with Gasteiger partial charge < -0.3 is 10.2 Å². The van der Waals surface area contributed by atoms with Gasteiger partial charge in [0.2, 0.25) is 0 Å². The molecule has 2 nitrogen and oxygen atoms in total. The molecule has 2 rings (SSSR count). The molecule has 1 saturated carbocycles. The van der Waals surface area contributed by atoms with E-state index in [1.54, 1.807) is 0 Å². The van der Waals surface area contributed by atoms with Crippen LogP contribution >= 0.6 is 0 Å². The van der Waals surface area contributed by atoms with E-state index >= 15 is 0 Å². The summed E-state index contributed by atoms with van der Waals surface area (Å²) in [5.41, 5.74) is 0. The minimum absolute atomic E-state index is 0.757. The van der Waals surface area contributed by atoms with Crippen molar-refractivity contribution in [2.45, 2.75) is 45.1 Å². The molecule has 88 valence electrons. The Morgan fingerprint density at radius 2 is 1.87 bits per heavy atom. The van der Waals surface area contributed by atoms with Gasteiger partial charge in [0.05, 0.1) is 0 Å². The van der Waals surface area contributed by atoms with Gasteiger partial charge in [-0.15, -0.1) is 0 Å². The lowest BCUT2D eigenvalue weighted by Crippen LogP contribution is -2.33. The summed E-state index contributed by atoms with van der Waals surface area (Å²) in [7, 11) is 2.09. The first kappa shape index (κ1) is 11.4. The van der Waals surface area contributed by atoms with Crippen LogP contribution in [0.5, 0.6) is 0 Å². The van der Waals surface area contributed by atoms with Crippen molar-refractivity contribution in [1.82, 2.24) is 10.2 Å². The van der Waals surface area contributed by atoms with Gasteiger partial charge in [0, 0.05) is 19.1 Å². The van der Waals surface area contributed by atoms with E-state index in [4.69, 9.17) is 0 Å². The van der Waals surface area contributed by atoms with E-state index in [-0.39, 0.29) is 0 Å². The normalized spacial score (nSPS) is 38.4. The lowest BCUT2D eigenvalue weighted by molar-refractivity contribution is 0.207. The van der Waals surface area contributed by atoms with Crippen LogP contribution in [0.4, 0.5) is 0 Å². The number of hydrogen-bond acceptors (Lipinski definition) is 2. The number of nitrogens with zero attached hydrogens (tertiary/aromatic N) is 1. The summed E-state index contributed by atoms with van der Waals surface area (Å²) < 4.78 is 0. The van der Waals surface area contributed by atoms with E-state index in [2.05, 4.69) is 24.2 Å². The van der Waals surface area contributed by atoms with Crippen LogP contribution in [0.2, 0.25) is 0 Å².